The Bertz CT molecular complexity index is 92.1. The average Bonchev–Trinajstić information content (AvgIpc) is 2.05. The molecular weight excluding hydrogens is 142 g/mol. The number of aliphatic hydroxyl groups excluding tert-OH is 1. The Hall–Kier alpha value is -0.410. The minimum absolute atomic E-state index is 0.587. The number of nitrogens with two attached hydrogens (primary N) is 1. The second kappa shape index (κ2) is 7.69. The van der Waals surface area contributed by atoms with E-state index in [-0.39, 0.29) is 0 Å². The smallest absolute Gasteiger partial charge is 0.139 e. The van der Waals surface area contributed by atoms with E-state index in [1.165, 1.54) is 0 Å². The molecule has 0 aliphatic rings. The number of hydrogen-bond acceptors (Lipinski definition) is 3. The van der Waals surface area contributed by atoms with Gasteiger partial charge in [-0.15, -0.1) is 0 Å². The Kier molecular flexibility index (Phi) is 9.23. The number of rotatable bonds is 4. The van der Waals surface area contributed by atoms with Gasteiger partial charge in [0.2, 0.25) is 0 Å². The highest BCUT2D eigenvalue weighted by Crippen LogP contribution is 2.06. The maximum atomic E-state index is 10.2. The van der Waals surface area contributed by atoms with Gasteiger partial charge >= 0.3 is 0 Å². The molecule has 11 heavy (non-hydrogen) atoms. The highest BCUT2D eigenvalue weighted by Gasteiger charge is 2.14. The second-order valence-corrected chi connectivity index (χ2v) is 2.73. The number of carbonyl (C=O) groups excluding carboxylic acids is 1. The Morgan fingerprint density at radius 2 is 2.00 bits per heavy atom. The number of hydrogen-bond donors (Lipinski definition) is 2. The SMILES string of the molecule is CCCCC(C)(N)C=O.CO. The number of unbranched alkanes of at least 4 members (excludes halogenated alkanes) is 1. The summed E-state index contributed by atoms with van der Waals surface area (Å²) in [5.41, 5.74) is 4.95. The standard InChI is InChI=1S/C7H15NO.CH4O/c1-3-4-5-7(2,8)6-9;1-2/h6H,3-5,8H2,1-2H3;2H,1H3. The van der Waals surface area contributed by atoms with Crippen LogP contribution in [0.15, 0.2) is 0 Å². The third kappa shape index (κ3) is 9.59. The molecule has 3 nitrogen and oxygen atoms in total. The van der Waals surface area contributed by atoms with Crippen LogP contribution in [0.4, 0.5) is 0 Å². The summed E-state index contributed by atoms with van der Waals surface area (Å²) >= 11 is 0. The summed E-state index contributed by atoms with van der Waals surface area (Å²) in [7, 11) is 1.00. The van der Waals surface area contributed by atoms with Crippen LogP contribution >= 0.6 is 0 Å². The highest BCUT2D eigenvalue weighted by atomic mass is 16.2. The maximum Gasteiger partial charge on any atom is 0.139 e. The van der Waals surface area contributed by atoms with Crippen molar-refractivity contribution in [3.8, 4) is 0 Å². The van der Waals surface area contributed by atoms with Crippen LogP contribution in [0.1, 0.15) is 33.1 Å². The predicted molar refractivity (Wildman–Crippen MR) is 46.3 cm³/mol. The highest BCUT2D eigenvalue weighted by molar-refractivity contribution is 5.62. The lowest BCUT2D eigenvalue weighted by Gasteiger charge is -2.14. The number of aliphatic hydroxyl groups is 1. The maximum absolute atomic E-state index is 10.2. The molecule has 1 unspecified atom stereocenters. The fraction of sp³-hybridized carbons (Fsp3) is 0.875. The van der Waals surface area contributed by atoms with E-state index >= 15 is 0 Å². The van der Waals surface area contributed by atoms with Gasteiger partial charge in [-0.2, -0.15) is 0 Å². The van der Waals surface area contributed by atoms with Gasteiger partial charge in [0.1, 0.15) is 6.29 Å². The van der Waals surface area contributed by atoms with Crippen molar-refractivity contribution in [2.24, 2.45) is 5.73 Å². The van der Waals surface area contributed by atoms with Gasteiger partial charge in [-0.1, -0.05) is 19.8 Å². The van der Waals surface area contributed by atoms with Crippen LogP contribution in [0.5, 0.6) is 0 Å². The number of carbonyl (C=O) groups is 1. The van der Waals surface area contributed by atoms with Crippen molar-refractivity contribution < 1.29 is 9.90 Å². The molecule has 0 bridgehead atoms. The zero-order chi connectivity index (χ0) is 9.33. The van der Waals surface area contributed by atoms with Crippen LogP contribution in [0.2, 0.25) is 0 Å². The molecule has 0 rings (SSSR count). The Balaban J connectivity index is 0. The zero-order valence-corrected chi connectivity index (χ0v) is 7.63. The Morgan fingerprint density at radius 3 is 2.27 bits per heavy atom. The fourth-order valence-corrected chi connectivity index (χ4v) is 0.617. The molecule has 0 aromatic heterocycles. The summed E-state index contributed by atoms with van der Waals surface area (Å²) in [5.74, 6) is 0. The summed E-state index contributed by atoms with van der Waals surface area (Å²) in [6.45, 7) is 3.84. The monoisotopic (exact) mass is 161 g/mol. The predicted octanol–water partition coefficient (Wildman–Crippen LogP) is 0.701. The van der Waals surface area contributed by atoms with Crippen LogP contribution in [-0.4, -0.2) is 24.0 Å². The third-order valence-corrected chi connectivity index (χ3v) is 1.34. The van der Waals surface area contributed by atoms with Gasteiger partial charge in [-0.25, -0.2) is 0 Å². The van der Waals surface area contributed by atoms with E-state index in [0.29, 0.717) is 0 Å². The first-order chi connectivity index (χ1) is 5.12. The van der Waals surface area contributed by atoms with Crippen LogP contribution in [0, 0.1) is 0 Å². The van der Waals surface area contributed by atoms with Crippen molar-refractivity contribution in [1.82, 2.24) is 0 Å². The molecular formula is C8H19NO2. The second-order valence-electron chi connectivity index (χ2n) is 2.73. The van der Waals surface area contributed by atoms with Gasteiger partial charge in [-0.3, -0.25) is 0 Å². The topological polar surface area (TPSA) is 63.3 Å². The Morgan fingerprint density at radius 1 is 1.55 bits per heavy atom. The van der Waals surface area contributed by atoms with Crippen molar-refractivity contribution in [2.75, 3.05) is 7.11 Å². The van der Waals surface area contributed by atoms with E-state index in [1.807, 2.05) is 0 Å². The lowest BCUT2D eigenvalue weighted by molar-refractivity contribution is -0.112. The summed E-state index contributed by atoms with van der Waals surface area (Å²) in [6, 6.07) is 0. The summed E-state index contributed by atoms with van der Waals surface area (Å²) in [5, 5.41) is 7.00. The van der Waals surface area contributed by atoms with Crippen molar-refractivity contribution in [3.05, 3.63) is 0 Å². The molecule has 0 aromatic carbocycles. The third-order valence-electron chi connectivity index (χ3n) is 1.34. The van der Waals surface area contributed by atoms with Gasteiger partial charge in [0.05, 0.1) is 5.54 Å². The van der Waals surface area contributed by atoms with E-state index < -0.39 is 5.54 Å². The molecule has 0 saturated heterocycles. The van der Waals surface area contributed by atoms with E-state index in [0.717, 1.165) is 32.7 Å². The van der Waals surface area contributed by atoms with Crippen LogP contribution in [0.3, 0.4) is 0 Å². The van der Waals surface area contributed by atoms with E-state index in [1.54, 1.807) is 6.92 Å². The first-order valence-electron chi connectivity index (χ1n) is 3.82. The zero-order valence-electron chi connectivity index (χ0n) is 7.63. The van der Waals surface area contributed by atoms with Crippen LogP contribution in [-0.2, 0) is 4.79 Å². The first kappa shape index (κ1) is 13.2. The molecule has 3 N–H and O–H groups in total. The lowest BCUT2D eigenvalue weighted by Crippen LogP contribution is -2.37. The number of aldehydes is 1. The molecule has 0 amide bonds. The van der Waals surface area contributed by atoms with Gasteiger partial charge in [0, 0.05) is 7.11 Å². The molecule has 0 spiro atoms. The quantitative estimate of drug-likeness (QED) is 0.597. The molecule has 0 saturated carbocycles. The molecule has 0 aliphatic carbocycles. The van der Waals surface area contributed by atoms with Gasteiger partial charge < -0.3 is 15.6 Å². The lowest BCUT2D eigenvalue weighted by atomic mass is 9.99. The van der Waals surface area contributed by atoms with Gasteiger partial charge in [-0.05, 0) is 13.3 Å². The van der Waals surface area contributed by atoms with Crippen molar-refractivity contribution >= 4 is 6.29 Å². The van der Waals surface area contributed by atoms with Gasteiger partial charge in [0.15, 0.2) is 0 Å². The van der Waals surface area contributed by atoms with E-state index in [9.17, 15) is 4.79 Å². The normalized spacial score (nSPS) is 14.3. The summed E-state index contributed by atoms with van der Waals surface area (Å²) in [4.78, 5) is 10.2. The largest absolute Gasteiger partial charge is 0.400 e. The Labute approximate surface area is 68.6 Å². The van der Waals surface area contributed by atoms with Crippen LogP contribution in [0.25, 0.3) is 0 Å². The molecule has 0 fully saturated rings. The summed E-state index contributed by atoms with van der Waals surface area (Å²) < 4.78 is 0. The molecule has 0 aromatic rings. The van der Waals surface area contributed by atoms with Crippen molar-refractivity contribution in [2.45, 2.75) is 38.6 Å². The minimum atomic E-state index is -0.587. The summed E-state index contributed by atoms with van der Waals surface area (Å²) in [6.07, 6.45) is 3.75. The van der Waals surface area contributed by atoms with Gasteiger partial charge in [0.25, 0.3) is 0 Å². The van der Waals surface area contributed by atoms with E-state index in [2.05, 4.69) is 6.92 Å². The molecule has 0 aliphatic heterocycles. The average molecular weight is 161 g/mol. The fourth-order valence-electron chi connectivity index (χ4n) is 0.617. The minimum Gasteiger partial charge on any atom is -0.400 e. The molecule has 0 heterocycles. The molecule has 3 heteroatoms. The molecule has 0 radical (unpaired) electrons. The van der Waals surface area contributed by atoms with Crippen LogP contribution < -0.4 is 5.73 Å². The molecule has 68 valence electrons. The van der Waals surface area contributed by atoms with Crippen molar-refractivity contribution in [3.63, 3.8) is 0 Å². The molecule has 1 atom stereocenters. The van der Waals surface area contributed by atoms with Crippen molar-refractivity contribution in [1.29, 1.82) is 0 Å². The first-order valence-corrected chi connectivity index (χ1v) is 3.82. The van der Waals surface area contributed by atoms with E-state index in [4.69, 9.17) is 10.8 Å².